The molecule has 2 aromatic rings. The topological polar surface area (TPSA) is 15.8 Å². The lowest BCUT2D eigenvalue weighted by Gasteiger charge is -2.20. The Morgan fingerprint density at radius 3 is 2.44 bits per heavy atom. The van der Waals surface area contributed by atoms with Crippen LogP contribution >= 0.6 is 11.6 Å². The van der Waals surface area contributed by atoms with Crippen LogP contribution < -0.4 is 0 Å². The average molecular weight is 236 g/mol. The van der Waals surface area contributed by atoms with Crippen molar-refractivity contribution in [1.82, 2.24) is 4.98 Å². The molecule has 1 nitrogen and oxygen atoms in total. The van der Waals surface area contributed by atoms with E-state index in [4.69, 9.17) is 11.6 Å². The standard InChI is InChI=1S/C14H18ClN/c1-5-10-6-9-7-12(15)11(14(2,3)4)8-13(9)16-10/h6-8,16H,5H2,1-4H3. The SMILES string of the molecule is CCc1cc2cc(Cl)c(C(C)(C)C)cc2[nH]1. The number of H-pyrrole nitrogens is 1. The maximum absolute atomic E-state index is 6.33. The number of nitrogens with one attached hydrogen (secondary N) is 1. The molecule has 2 heteroatoms. The first kappa shape index (κ1) is 11.5. The van der Waals surface area contributed by atoms with Crippen LogP contribution in [0.25, 0.3) is 10.9 Å². The molecular weight excluding hydrogens is 218 g/mol. The Balaban J connectivity index is 2.66. The molecule has 0 bridgehead atoms. The second-order valence-electron chi connectivity index (χ2n) is 5.32. The van der Waals surface area contributed by atoms with Gasteiger partial charge in [-0.2, -0.15) is 0 Å². The van der Waals surface area contributed by atoms with Crippen LogP contribution in [0.2, 0.25) is 5.02 Å². The summed E-state index contributed by atoms with van der Waals surface area (Å²) in [6.07, 6.45) is 1.02. The van der Waals surface area contributed by atoms with Gasteiger partial charge in [-0.25, -0.2) is 0 Å². The fourth-order valence-corrected chi connectivity index (χ4v) is 2.43. The molecule has 16 heavy (non-hydrogen) atoms. The molecule has 0 amide bonds. The highest BCUT2D eigenvalue weighted by Crippen LogP contribution is 2.33. The highest BCUT2D eigenvalue weighted by Gasteiger charge is 2.18. The molecule has 0 aliphatic heterocycles. The molecule has 1 aromatic carbocycles. The first-order valence-electron chi connectivity index (χ1n) is 5.73. The van der Waals surface area contributed by atoms with Crippen LogP contribution in [0, 0.1) is 0 Å². The Morgan fingerprint density at radius 2 is 1.88 bits per heavy atom. The van der Waals surface area contributed by atoms with Crippen molar-refractivity contribution in [1.29, 1.82) is 0 Å². The van der Waals surface area contributed by atoms with Crippen molar-refractivity contribution in [3.05, 3.63) is 34.5 Å². The Bertz CT molecular complexity index is 517. The van der Waals surface area contributed by atoms with Crippen molar-refractivity contribution in [2.45, 2.75) is 39.5 Å². The number of benzene rings is 1. The molecular formula is C14H18ClN. The van der Waals surface area contributed by atoms with Crippen LogP contribution in [-0.4, -0.2) is 4.98 Å². The van der Waals surface area contributed by atoms with Crippen LogP contribution in [-0.2, 0) is 11.8 Å². The molecule has 0 aliphatic carbocycles. The minimum absolute atomic E-state index is 0.0861. The third-order valence-corrected chi connectivity index (χ3v) is 3.27. The van der Waals surface area contributed by atoms with Gasteiger partial charge < -0.3 is 4.98 Å². The third-order valence-electron chi connectivity index (χ3n) is 2.95. The quantitative estimate of drug-likeness (QED) is 0.739. The maximum atomic E-state index is 6.33. The summed E-state index contributed by atoms with van der Waals surface area (Å²) < 4.78 is 0. The summed E-state index contributed by atoms with van der Waals surface area (Å²) in [4.78, 5) is 3.43. The lowest BCUT2D eigenvalue weighted by atomic mass is 9.86. The van der Waals surface area contributed by atoms with Crippen molar-refractivity contribution in [3.8, 4) is 0 Å². The lowest BCUT2D eigenvalue weighted by molar-refractivity contribution is 0.591. The van der Waals surface area contributed by atoms with E-state index in [2.05, 4.69) is 50.9 Å². The van der Waals surface area contributed by atoms with Gasteiger partial charge in [0.25, 0.3) is 0 Å². The first-order valence-corrected chi connectivity index (χ1v) is 6.11. The van der Waals surface area contributed by atoms with Crippen molar-refractivity contribution in [3.63, 3.8) is 0 Å². The van der Waals surface area contributed by atoms with Crippen molar-refractivity contribution in [2.75, 3.05) is 0 Å². The summed E-state index contributed by atoms with van der Waals surface area (Å²) in [5.41, 5.74) is 3.73. The molecule has 2 rings (SSSR count). The molecule has 1 heterocycles. The molecule has 0 atom stereocenters. The Morgan fingerprint density at radius 1 is 1.19 bits per heavy atom. The third kappa shape index (κ3) is 1.97. The predicted octanol–water partition coefficient (Wildman–Crippen LogP) is 4.68. The predicted molar refractivity (Wildman–Crippen MR) is 71.4 cm³/mol. The monoisotopic (exact) mass is 235 g/mol. The van der Waals surface area contributed by atoms with Crippen molar-refractivity contribution < 1.29 is 0 Å². The van der Waals surface area contributed by atoms with E-state index in [1.807, 2.05) is 0 Å². The highest BCUT2D eigenvalue weighted by molar-refractivity contribution is 6.32. The number of rotatable bonds is 1. The van der Waals surface area contributed by atoms with Gasteiger partial charge in [-0.05, 0) is 35.6 Å². The molecule has 0 radical (unpaired) electrons. The average Bonchev–Trinajstić information content (AvgIpc) is 2.56. The van der Waals surface area contributed by atoms with Gasteiger partial charge in [-0.15, -0.1) is 0 Å². The summed E-state index contributed by atoms with van der Waals surface area (Å²) in [7, 11) is 0. The largest absolute Gasteiger partial charge is 0.358 e. The second kappa shape index (κ2) is 3.81. The molecule has 1 aromatic heterocycles. The fourth-order valence-electron chi connectivity index (χ4n) is 1.98. The number of aryl methyl sites for hydroxylation is 1. The Kier molecular flexibility index (Phi) is 2.75. The van der Waals surface area contributed by atoms with Gasteiger partial charge in [-0.3, -0.25) is 0 Å². The number of fused-ring (bicyclic) bond motifs is 1. The molecule has 0 unspecified atom stereocenters. The Hall–Kier alpha value is -0.950. The maximum Gasteiger partial charge on any atom is 0.0460 e. The summed E-state index contributed by atoms with van der Waals surface area (Å²) in [5, 5.41) is 2.07. The molecule has 0 saturated heterocycles. The highest BCUT2D eigenvalue weighted by atomic mass is 35.5. The first-order chi connectivity index (χ1) is 7.41. The summed E-state index contributed by atoms with van der Waals surface area (Å²) in [6, 6.07) is 6.41. The van der Waals surface area contributed by atoms with E-state index >= 15 is 0 Å². The van der Waals surface area contributed by atoms with E-state index in [9.17, 15) is 0 Å². The van der Waals surface area contributed by atoms with Gasteiger partial charge in [0.15, 0.2) is 0 Å². The summed E-state index contributed by atoms with van der Waals surface area (Å²) >= 11 is 6.33. The molecule has 0 saturated carbocycles. The van der Waals surface area contributed by atoms with Crippen LogP contribution in [0.5, 0.6) is 0 Å². The number of halogens is 1. The Labute approximate surface area is 102 Å². The fraction of sp³-hybridized carbons (Fsp3) is 0.429. The van der Waals surface area contributed by atoms with Crippen LogP contribution in [0.4, 0.5) is 0 Å². The number of hydrogen-bond acceptors (Lipinski definition) is 0. The van der Waals surface area contributed by atoms with Gasteiger partial charge in [0.1, 0.15) is 0 Å². The van der Waals surface area contributed by atoms with Gasteiger partial charge in [-0.1, -0.05) is 39.3 Å². The molecule has 1 N–H and O–H groups in total. The normalized spacial score (nSPS) is 12.3. The van der Waals surface area contributed by atoms with E-state index in [-0.39, 0.29) is 5.41 Å². The van der Waals surface area contributed by atoms with Gasteiger partial charge in [0, 0.05) is 21.6 Å². The van der Waals surface area contributed by atoms with Crippen LogP contribution in [0.3, 0.4) is 0 Å². The van der Waals surface area contributed by atoms with Crippen LogP contribution in [0.1, 0.15) is 39.0 Å². The van der Waals surface area contributed by atoms with E-state index < -0.39 is 0 Å². The van der Waals surface area contributed by atoms with Gasteiger partial charge in [0.05, 0.1) is 0 Å². The van der Waals surface area contributed by atoms with E-state index in [1.54, 1.807) is 0 Å². The zero-order valence-electron chi connectivity index (χ0n) is 10.3. The summed E-state index contributed by atoms with van der Waals surface area (Å²) in [5.74, 6) is 0. The minimum Gasteiger partial charge on any atom is -0.358 e. The van der Waals surface area contributed by atoms with E-state index in [0.717, 1.165) is 11.4 Å². The number of aromatic amines is 1. The van der Waals surface area contributed by atoms with E-state index in [0.29, 0.717) is 0 Å². The molecule has 0 aliphatic rings. The number of aromatic nitrogens is 1. The lowest BCUT2D eigenvalue weighted by Crippen LogP contribution is -2.11. The van der Waals surface area contributed by atoms with Gasteiger partial charge in [0.2, 0.25) is 0 Å². The zero-order chi connectivity index (χ0) is 11.9. The van der Waals surface area contributed by atoms with E-state index in [1.165, 1.54) is 22.2 Å². The molecule has 0 fully saturated rings. The molecule has 0 spiro atoms. The second-order valence-corrected chi connectivity index (χ2v) is 5.72. The number of hydrogen-bond donors (Lipinski definition) is 1. The zero-order valence-corrected chi connectivity index (χ0v) is 11.1. The van der Waals surface area contributed by atoms with Crippen molar-refractivity contribution >= 4 is 22.5 Å². The summed E-state index contributed by atoms with van der Waals surface area (Å²) in [6.45, 7) is 8.70. The smallest absolute Gasteiger partial charge is 0.0460 e. The molecule has 86 valence electrons. The minimum atomic E-state index is 0.0861. The van der Waals surface area contributed by atoms with Crippen molar-refractivity contribution in [2.24, 2.45) is 0 Å². The van der Waals surface area contributed by atoms with Crippen LogP contribution in [0.15, 0.2) is 18.2 Å². The van der Waals surface area contributed by atoms with Gasteiger partial charge >= 0.3 is 0 Å².